The van der Waals surface area contributed by atoms with E-state index in [0.29, 0.717) is 18.1 Å². The van der Waals surface area contributed by atoms with Crippen LogP contribution in [0.5, 0.6) is 0 Å². The number of nitrogens with zero attached hydrogens (tertiary/aromatic N) is 4. The summed E-state index contributed by atoms with van der Waals surface area (Å²) in [5.41, 5.74) is 0.945. The third kappa shape index (κ3) is 5.23. The minimum Gasteiger partial charge on any atom is -0.344 e. The summed E-state index contributed by atoms with van der Waals surface area (Å²) in [5, 5.41) is 20.4. The van der Waals surface area contributed by atoms with Gasteiger partial charge >= 0.3 is 0 Å². The quantitative estimate of drug-likeness (QED) is 0.775. The Kier molecular flexibility index (Phi) is 6.38. The van der Waals surface area contributed by atoms with Crippen LogP contribution in [0.4, 0.5) is 10.8 Å². The van der Waals surface area contributed by atoms with E-state index in [1.54, 1.807) is 11.9 Å². The van der Waals surface area contributed by atoms with Crippen molar-refractivity contribution >= 4 is 39.8 Å². The first kappa shape index (κ1) is 17.2. The Bertz CT molecular complexity index is 683. The average Bonchev–Trinajstić information content (AvgIpc) is 2.99. The Morgan fingerprint density at radius 3 is 2.87 bits per heavy atom. The molecule has 1 atom stereocenters. The van der Waals surface area contributed by atoms with Gasteiger partial charge in [-0.2, -0.15) is 5.26 Å². The SMILES string of the molecule is C[C@H](Sc1nnc(Nc2ccccc2)s1)C(=O)N(C)CCC#N. The molecule has 23 heavy (non-hydrogen) atoms. The van der Waals surface area contributed by atoms with Crippen LogP contribution in [-0.4, -0.2) is 39.8 Å². The van der Waals surface area contributed by atoms with E-state index < -0.39 is 0 Å². The highest BCUT2D eigenvalue weighted by Gasteiger charge is 2.20. The van der Waals surface area contributed by atoms with Crippen molar-refractivity contribution in [3.8, 4) is 6.07 Å². The Balaban J connectivity index is 1.91. The van der Waals surface area contributed by atoms with Crippen molar-refractivity contribution in [2.75, 3.05) is 18.9 Å². The van der Waals surface area contributed by atoms with Crippen molar-refractivity contribution < 1.29 is 4.79 Å². The van der Waals surface area contributed by atoms with Gasteiger partial charge in [0.05, 0.1) is 17.7 Å². The Morgan fingerprint density at radius 2 is 2.17 bits per heavy atom. The van der Waals surface area contributed by atoms with Gasteiger partial charge in [-0.15, -0.1) is 10.2 Å². The second-order valence-electron chi connectivity index (χ2n) is 4.79. The monoisotopic (exact) mass is 347 g/mol. The lowest BCUT2D eigenvalue weighted by Gasteiger charge is -2.18. The van der Waals surface area contributed by atoms with E-state index in [4.69, 9.17) is 5.26 Å². The van der Waals surface area contributed by atoms with E-state index in [0.717, 1.165) is 10.0 Å². The lowest BCUT2D eigenvalue weighted by atomic mass is 10.3. The molecule has 0 unspecified atom stereocenters. The molecule has 2 rings (SSSR count). The minimum atomic E-state index is -0.267. The molecule has 0 fully saturated rings. The molecule has 1 amide bonds. The second-order valence-corrected chi connectivity index (χ2v) is 7.36. The molecule has 8 heteroatoms. The molecule has 1 aromatic heterocycles. The molecular formula is C15H17N5OS2. The molecule has 1 heterocycles. The van der Waals surface area contributed by atoms with Gasteiger partial charge in [-0.05, 0) is 19.1 Å². The van der Waals surface area contributed by atoms with Gasteiger partial charge in [0, 0.05) is 19.3 Å². The van der Waals surface area contributed by atoms with Crippen molar-refractivity contribution in [2.24, 2.45) is 0 Å². The fraction of sp³-hybridized carbons (Fsp3) is 0.333. The summed E-state index contributed by atoms with van der Waals surface area (Å²) in [6.07, 6.45) is 0.337. The zero-order valence-corrected chi connectivity index (χ0v) is 14.5. The van der Waals surface area contributed by atoms with Gasteiger partial charge < -0.3 is 10.2 Å². The maximum Gasteiger partial charge on any atom is 0.235 e. The smallest absolute Gasteiger partial charge is 0.235 e. The zero-order valence-electron chi connectivity index (χ0n) is 12.9. The first-order valence-electron chi connectivity index (χ1n) is 7.04. The number of nitrogens with one attached hydrogen (secondary N) is 1. The van der Waals surface area contributed by atoms with Crippen molar-refractivity contribution in [2.45, 2.75) is 22.9 Å². The van der Waals surface area contributed by atoms with Gasteiger partial charge in [0.15, 0.2) is 4.34 Å². The predicted molar refractivity (Wildman–Crippen MR) is 92.8 cm³/mol. The van der Waals surface area contributed by atoms with E-state index in [1.807, 2.05) is 43.3 Å². The van der Waals surface area contributed by atoms with E-state index in [-0.39, 0.29) is 11.2 Å². The van der Waals surface area contributed by atoms with Gasteiger partial charge in [-0.25, -0.2) is 0 Å². The second kappa shape index (κ2) is 8.50. The highest BCUT2D eigenvalue weighted by molar-refractivity contribution is 8.02. The fourth-order valence-corrected chi connectivity index (χ4v) is 3.82. The molecule has 0 saturated heterocycles. The third-order valence-electron chi connectivity index (χ3n) is 2.99. The number of aromatic nitrogens is 2. The molecule has 0 spiro atoms. The molecule has 1 N–H and O–H groups in total. The van der Waals surface area contributed by atoms with Crippen LogP contribution in [0.1, 0.15) is 13.3 Å². The van der Waals surface area contributed by atoms with Gasteiger partial charge in [0.2, 0.25) is 11.0 Å². The summed E-state index contributed by atoms with van der Waals surface area (Å²) in [4.78, 5) is 13.8. The topological polar surface area (TPSA) is 81.9 Å². The van der Waals surface area contributed by atoms with Crippen LogP contribution in [-0.2, 0) is 4.79 Å². The van der Waals surface area contributed by atoms with Crippen molar-refractivity contribution in [3.05, 3.63) is 30.3 Å². The van der Waals surface area contributed by atoms with Crippen LogP contribution in [0.25, 0.3) is 0 Å². The number of para-hydroxylation sites is 1. The van der Waals surface area contributed by atoms with Gasteiger partial charge in [-0.3, -0.25) is 4.79 Å². The number of hydrogen-bond donors (Lipinski definition) is 1. The highest BCUT2D eigenvalue weighted by Crippen LogP contribution is 2.30. The summed E-state index contributed by atoms with van der Waals surface area (Å²) in [6, 6.07) is 11.8. The highest BCUT2D eigenvalue weighted by atomic mass is 32.2. The number of anilines is 2. The minimum absolute atomic E-state index is 0.0157. The van der Waals surface area contributed by atoms with Crippen LogP contribution >= 0.6 is 23.1 Å². The van der Waals surface area contributed by atoms with Gasteiger partial charge in [-0.1, -0.05) is 41.3 Å². The van der Waals surface area contributed by atoms with Crippen LogP contribution in [0.2, 0.25) is 0 Å². The summed E-state index contributed by atoms with van der Waals surface area (Å²) < 4.78 is 0.734. The number of amides is 1. The fourth-order valence-electron chi connectivity index (χ4n) is 1.79. The van der Waals surface area contributed by atoms with Crippen LogP contribution in [0, 0.1) is 11.3 Å². The summed E-state index contributed by atoms with van der Waals surface area (Å²) >= 11 is 2.79. The maximum absolute atomic E-state index is 12.2. The number of rotatable bonds is 7. The zero-order chi connectivity index (χ0) is 16.7. The average molecular weight is 347 g/mol. The van der Waals surface area contributed by atoms with Crippen LogP contribution in [0.15, 0.2) is 34.7 Å². The largest absolute Gasteiger partial charge is 0.344 e. The lowest BCUT2D eigenvalue weighted by Crippen LogP contribution is -2.33. The molecule has 0 aliphatic carbocycles. The summed E-state index contributed by atoms with van der Waals surface area (Å²) in [6.45, 7) is 2.28. The third-order valence-corrected chi connectivity index (χ3v) is 5.00. The van der Waals surface area contributed by atoms with E-state index in [1.165, 1.54) is 23.1 Å². The standard InChI is InChI=1S/C15H17N5OS2/c1-11(13(21)20(2)10-6-9-16)22-15-19-18-14(23-15)17-12-7-4-3-5-8-12/h3-5,7-8,11H,6,10H2,1-2H3,(H,17,18)/t11-/m0/s1. The number of benzene rings is 1. The number of carbonyl (C=O) groups is 1. The molecule has 0 aliphatic rings. The molecule has 0 radical (unpaired) electrons. The Hall–Kier alpha value is -2.11. The Labute approximate surface area is 143 Å². The number of nitriles is 1. The predicted octanol–water partition coefficient (Wildman–Crippen LogP) is 3.13. The normalized spacial score (nSPS) is 11.5. The Morgan fingerprint density at radius 1 is 1.43 bits per heavy atom. The number of carbonyl (C=O) groups excluding carboxylic acids is 1. The lowest BCUT2D eigenvalue weighted by molar-refractivity contribution is -0.128. The number of hydrogen-bond acceptors (Lipinski definition) is 7. The van der Waals surface area contributed by atoms with Gasteiger partial charge in [0.25, 0.3) is 0 Å². The van der Waals surface area contributed by atoms with Gasteiger partial charge in [0.1, 0.15) is 0 Å². The molecule has 0 aliphatic heterocycles. The maximum atomic E-state index is 12.2. The van der Waals surface area contributed by atoms with Crippen molar-refractivity contribution in [3.63, 3.8) is 0 Å². The van der Waals surface area contributed by atoms with Crippen LogP contribution in [0.3, 0.4) is 0 Å². The summed E-state index contributed by atoms with van der Waals surface area (Å²) in [7, 11) is 1.71. The van der Waals surface area contributed by atoms with Crippen molar-refractivity contribution in [1.29, 1.82) is 5.26 Å². The van der Waals surface area contributed by atoms with Crippen LogP contribution < -0.4 is 5.32 Å². The molecule has 120 valence electrons. The molecular weight excluding hydrogens is 330 g/mol. The first-order chi connectivity index (χ1) is 11.1. The van der Waals surface area contributed by atoms with E-state index in [2.05, 4.69) is 15.5 Å². The molecule has 6 nitrogen and oxygen atoms in total. The van der Waals surface area contributed by atoms with E-state index >= 15 is 0 Å². The van der Waals surface area contributed by atoms with E-state index in [9.17, 15) is 4.79 Å². The molecule has 2 aromatic rings. The molecule has 1 aromatic carbocycles. The summed E-state index contributed by atoms with van der Waals surface area (Å²) in [5.74, 6) is -0.0157. The molecule has 0 saturated carbocycles. The number of thioether (sulfide) groups is 1. The van der Waals surface area contributed by atoms with Crippen molar-refractivity contribution in [1.82, 2.24) is 15.1 Å². The first-order valence-corrected chi connectivity index (χ1v) is 8.74. The molecule has 0 bridgehead atoms.